The fraction of sp³-hybridized carbons (Fsp3) is 0.867. The Morgan fingerprint density at radius 1 is 1.14 bits per heavy atom. The summed E-state index contributed by atoms with van der Waals surface area (Å²) in [6.45, 7) is 0.664. The van der Waals surface area contributed by atoms with E-state index in [9.17, 15) is 9.59 Å². The van der Waals surface area contributed by atoms with Crippen LogP contribution in [0.2, 0.25) is 0 Å². The van der Waals surface area contributed by atoms with Crippen LogP contribution < -0.4 is 10.6 Å². The SMILES string of the molecule is CSC1CCC(NC(=O)NCC2CCC(C(=O)O)CC2)C1. The third kappa shape index (κ3) is 5.09. The molecule has 5 nitrogen and oxygen atoms in total. The molecule has 2 aliphatic carbocycles. The zero-order valence-corrected chi connectivity index (χ0v) is 13.5. The number of carbonyl (C=O) groups is 2. The first-order valence-corrected chi connectivity index (χ1v) is 9.17. The summed E-state index contributed by atoms with van der Waals surface area (Å²) in [5.41, 5.74) is 0. The van der Waals surface area contributed by atoms with Crippen molar-refractivity contribution in [1.82, 2.24) is 10.6 Å². The monoisotopic (exact) mass is 314 g/mol. The number of hydrogen-bond donors (Lipinski definition) is 3. The van der Waals surface area contributed by atoms with Gasteiger partial charge >= 0.3 is 12.0 Å². The van der Waals surface area contributed by atoms with Crippen LogP contribution in [0.4, 0.5) is 4.79 Å². The summed E-state index contributed by atoms with van der Waals surface area (Å²) in [5, 5.41) is 15.6. The van der Waals surface area contributed by atoms with Gasteiger partial charge in [0.2, 0.25) is 0 Å². The highest BCUT2D eigenvalue weighted by Crippen LogP contribution is 2.29. The molecule has 0 heterocycles. The normalized spacial score (nSPS) is 32.6. The van der Waals surface area contributed by atoms with Gasteiger partial charge in [0.25, 0.3) is 0 Å². The number of urea groups is 1. The van der Waals surface area contributed by atoms with Crippen molar-refractivity contribution in [2.24, 2.45) is 11.8 Å². The van der Waals surface area contributed by atoms with Crippen molar-refractivity contribution in [3.8, 4) is 0 Å². The van der Waals surface area contributed by atoms with E-state index in [0.717, 1.165) is 38.5 Å². The fourth-order valence-electron chi connectivity index (χ4n) is 3.37. The summed E-state index contributed by atoms with van der Waals surface area (Å²) >= 11 is 1.88. The van der Waals surface area contributed by atoms with Crippen LogP contribution in [0.5, 0.6) is 0 Å². The molecule has 2 unspecified atom stereocenters. The van der Waals surface area contributed by atoms with Gasteiger partial charge in [-0.2, -0.15) is 11.8 Å². The lowest BCUT2D eigenvalue weighted by molar-refractivity contribution is -0.143. The highest BCUT2D eigenvalue weighted by Gasteiger charge is 2.27. The molecule has 3 N–H and O–H groups in total. The van der Waals surface area contributed by atoms with Gasteiger partial charge in [0.05, 0.1) is 5.92 Å². The molecule has 0 aromatic rings. The molecular weight excluding hydrogens is 288 g/mol. The molecule has 2 rings (SSSR count). The van der Waals surface area contributed by atoms with Gasteiger partial charge in [0.15, 0.2) is 0 Å². The van der Waals surface area contributed by atoms with Gasteiger partial charge < -0.3 is 15.7 Å². The molecule has 0 aliphatic heterocycles. The van der Waals surface area contributed by atoms with Crippen molar-refractivity contribution < 1.29 is 14.7 Å². The Hall–Kier alpha value is -0.910. The lowest BCUT2D eigenvalue weighted by Gasteiger charge is -2.26. The Balaban J connectivity index is 1.60. The number of amides is 2. The van der Waals surface area contributed by atoms with E-state index in [1.807, 2.05) is 11.8 Å². The summed E-state index contributed by atoms with van der Waals surface area (Å²) in [7, 11) is 0. The van der Waals surface area contributed by atoms with Crippen LogP contribution in [0.15, 0.2) is 0 Å². The maximum Gasteiger partial charge on any atom is 0.315 e. The van der Waals surface area contributed by atoms with E-state index in [-0.39, 0.29) is 11.9 Å². The van der Waals surface area contributed by atoms with E-state index in [4.69, 9.17) is 5.11 Å². The van der Waals surface area contributed by atoms with E-state index in [1.54, 1.807) is 0 Å². The van der Waals surface area contributed by atoms with Gasteiger partial charge in [-0.1, -0.05) is 0 Å². The first-order chi connectivity index (χ1) is 10.1. The van der Waals surface area contributed by atoms with Crippen LogP contribution in [0.3, 0.4) is 0 Å². The number of carboxylic acids is 1. The minimum Gasteiger partial charge on any atom is -0.481 e. The third-order valence-corrected chi connectivity index (χ3v) is 5.90. The number of hydrogen-bond acceptors (Lipinski definition) is 3. The highest BCUT2D eigenvalue weighted by molar-refractivity contribution is 7.99. The van der Waals surface area contributed by atoms with Crippen LogP contribution in [0, 0.1) is 11.8 Å². The van der Waals surface area contributed by atoms with Crippen molar-refractivity contribution >= 4 is 23.8 Å². The maximum absolute atomic E-state index is 11.9. The summed E-state index contributed by atoms with van der Waals surface area (Å²) < 4.78 is 0. The Labute approximate surface area is 130 Å². The molecule has 0 spiro atoms. The number of aliphatic carboxylic acids is 1. The molecule has 120 valence electrons. The molecule has 2 fully saturated rings. The number of carboxylic acid groups (broad SMARTS) is 1. The predicted octanol–water partition coefficient (Wildman–Crippen LogP) is 2.46. The van der Waals surface area contributed by atoms with Gasteiger partial charge in [-0.25, -0.2) is 4.79 Å². The second-order valence-electron chi connectivity index (χ2n) is 6.28. The topological polar surface area (TPSA) is 78.4 Å². The molecular formula is C15H26N2O3S. The van der Waals surface area contributed by atoms with Crippen LogP contribution in [-0.2, 0) is 4.79 Å². The molecule has 2 atom stereocenters. The van der Waals surface area contributed by atoms with E-state index in [2.05, 4.69) is 16.9 Å². The summed E-state index contributed by atoms with van der Waals surface area (Å²) in [5.74, 6) is -0.436. The second-order valence-corrected chi connectivity index (χ2v) is 7.42. The standard InChI is InChI=1S/C15H26N2O3S/c1-21-13-7-6-12(8-13)17-15(20)16-9-10-2-4-11(5-3-10)14(18)19/h10-13H,2-9H2,1H3,(H,18,19)(H2,16,17,20). The van der Waals surface area contributed by atoms with Crippen molar-refractivity contribution in [2.75, 3.05) is 12.8 Å². The highest BCUT2D eigenvalue weighted by atomic mass is 32.2. The number of rotatable bonds is 5. The van der Waals surface area contributed by atoms with Crippen LogP contribution in [0.1, 0.15) is 44.9 Å². The lowest BCUT2D eigenvalue weighted by Crippen LogP contribution is -2.43. The average Bonchev–Trinajstić information content (AvgIpc) is 2.93. The van der Waals surface area contributed by atoms with Crippen LogP contribution in [-0.4, -0.2) is 41.2 Å². The molecule has 2 saturated carbocycles. The van der Waals surface area contributed by atoms with Crippen molar-refractivity contribution in [3.05, 3.63) is 0 Å². The lowest BCUT2D eigenvalue weighted by atomic mass is 9.82. The third-order valence-electron chi connectivity index (χ3n) is 4.80. The minimum absolute atomic E-state index is 0.0675. The predicted molar refractivity (Wildman–Crippen MR) is 84.6 cm³/mol. The van der Waals surface area contributed by atoms with Crippen molar-refractivity contribution in [2.45, 2.75) is 56.2 Å². The molecule has 0 bridgehead atoms. The summed E-state index contributed by atoms with van der Waals surface area (Å²) in [6.07, 6.45) is 8.72. The molecule has 6 heteroatoms. The molecule has 0 aromatic carbocycles. The molecule has 0 saturated heterocycles. The molecule has 2 amide bonds. The average molecular weight is 314 g/mol. The van der Waals surface area contributed by atoms with Gasteiger partial charge in [-0.15, -0.1) is 0 Å². The number of carbonyl (C=O) groups excluding carboxylic acids is 1. The molecule has 0 radical (unpaired) electrons. The van der Waals surface area contributed by atoms with Crippen molar-refractivity contribution in [1.29, 1.82) is 0 Å². The Morgan fingerprint density at radius 3 is 2.43 bits per heavy atom. The van der Waals surface area contributed by atoms with E-state index < -0.39 is 5.97 Å². The van der Waals surface area contributed by atoms with Crippen LogP contribution in [0.25, 0.3) is 0 Å². The quantitative estimate of drug-likeness (QED) is 0.728. The Morgan fingerprint density at radius 2 is 1.86 bits per heavy atom. The van der Waals surface area contributed by atoms with Gasteiger partial charge in [-0.05, 0) is 57.1 Å². The van der Waals surface area contributed by atoms with Gasteiger partial charge in [0.1, 0.15) is 0 Å². The van der Waals surface area contributed by atoms with Crippen molar-refractivity contribution in [3.63, 3.8) is 0 Å². The first-order valence-electron chi connectivity index (χ1n) is 7.88. The molecule has 0 aromatic heterocycles. The smallest absolute Gasteiger partial charge is 0.315 e. The number of nitrogens with one attached hydrogen (secondary N) is 2. The Kier molecular flexibility index (Phi) is 6.21. The van der Waals surface area contributed by atoms with Gasteiger partial charge in [0, 0.05) is 17.8 Å². The minimum atomic E-state index is -0.677. The summed E-state index contributed by atoms with van der Waals surface area (Å²) in [6, 6.07) is 0.243. The van der Waals surface area contributed by atoms with E-state index in [0.29, 0.717) is 23.8 Å². The Bertz CT molecular complexity index is 370. The second kappa shape index (κ2) is 7.92. The van der Waals surface area contributed by atoms with E-state index >= 15 is 0 Å². The zero-order chi connectivity index (χ0) is 15.2. The van der Waals surface area contributed by atoms with Gasteiger partial charge in [-0.3, -0.25) is 4.79 Å². The maximum atomic E-state index is 11.9. The molecule has 2 aliphatic rings. The molecule has 21 heavy (non-hydrogen) atoms. The summed E-state index contributed by atoms with van der Waals surface area (Å²) in [4.78, 5) is 22.8. The largest absolute Gasteiger partial charge is 0.481 e. The van der Waals surface area contributed by atoms with E-state index in [1.165, 1.54) is 6.42 Å². The zero-order valence-electron chi connectivity index (χ0n) is 12.6. The number of thioether (sulfide) groups is 1. The first kappa shape index (κ1) is 16.5. The van der Waals surface area contributed by atoms with Crippen LogP contribution >= 0.6 is 11.8 Å². The fourth-order valence-corrected chi connectivity index (χ4v) is 4.17.